The van der Waals surface area contributed by atoms with Crippen LogP contribution in [0.2, 0.25) is 0 Å². The number of aliphatic hydroxyl groups is 1. The molecule has 0 saturated heterocycles. The van der Waals surface area contributed by atoms with E-state index in [0.29, 0.717) is 6.54 Å². The van der Waals surface area contributed by atoms with Crippen LogP contribution in [0.5, 0.6) is 5.75 Å². The molecule has 0 atom stereocenters. The molecule has 0 fully saturated rings. The molecule has 0 aliphatic carbocycles. The minimum Gasteiger partial charge on any atom is -0.490 e. The molecule has 0 saturated carbocycles. The van der Waals surface area contributed by atoms with Gasteiger partial charge >= 0.3 is 0 Å². The monoisotopic (exact) mass is 297 g/mol. The van der Waals surface area contributed by atoms with Crippen molar-refractivity contribution in [2.24, 2.45) is 0 Å². The number of ether oxygens (including phenoxy) is 1. The lowest BCUT2D eigenvalue weighted by Gasteiger charge is -2.30. The van der Waals surface area contributed by atoms with Crippen LogP contribution in [0.3, 0.4) is 0 Å². The average molecular weight is 297 g/mol. The molecule has 1 amide bonds. The second-order valence-electron chi connectivity index (χ2n) is 4.81. The van der Waals surface area contributed by atoms with Crippen molar-refractivity contribution in [1.29, 1.82) is 0 Å². The van der Waals surface area contributed by atoms with Gasteiger partial charge in [-0.3, -0.25) is 4.79 Å². The van der Waals surface area contributed by atoms with Crippen molar-refractivity contribution in [3.8, 4) is 5.75 Å². The Kier molecular flexibility index (Phi) is 7.75. The largest absolute Gasteiger partial charge is 0.490 e. The zero-order valence-electron chi connectivity index (χ0n) is 12.7. The van der Waals surface area contributed by atoms with Gasteiger partial charge < -0.3 is 14.7 Å². The van der Waals surface area contributed by atoms with Crippen molar-refractivity contribution in [1.82, 2.24) is 4.90 Å². The summed E-state index contributed by atoms with van der Waals surface area (Å²) in [5.41, 5.74) is 0. The molecule has 5 heteroatoms. The van der Waals surface area contributed by atoms with Gasteiger partial charge in [0, 0.05) is 12.6 Å². The van der Waals surface area contributed by atoms with Crippen molar-refractivity contribution in [2.45, 2.75) is 39.2 Å². The van der Waals surface area contributed by atoms with E-state index in [2.05, 4.69) is 0 Å². The van der Waals surface area contributed by atoms with Crippen LogP contribution in [0.4, 0.5) is 4.39 Å². The van der Waals surface area contributed by atoms with Crippen LogP contribution in [0.15, 0.2) is 24.3 Å². The Morgan fingerprint density at radius 1 is 1.33 bits per heavy atom. The molecule has 21 heavy (non-hydrogen) atoms. The number of carbonyl (C=O) groups is 1. The molecule has 118 valence electrons. The summed E-state index contributed by atoms with van der Waals surface area (Å²) >= 11 is 0. The molecule has 0 radical (unpaired) electrons. The number of hydrogen-bond donors (Lipinski definition) is 1. The molecule has 0 heterocycles. The average Bonchev–Trinajstić information content (AvgIpc) is 2.49. The first-order valence-electron chi connectivity index (χ1n) is 7.41. The fourth-order valence-corrected chi connectivity index (χ4v) is 2.30. The topological polar surface area (TPSA) is 49.8 Å². The highest BCUT2D eigenvalue weighted by atomic mass is 19.1. The van der Waals surface area contributed by atoms with Crippen molar-refractivity contribution < 1.29 is 19.0 Å². The van der Waals surface area contributed by atoms with Crippen LogP contribution in [0.25, 0.3) is 0 Å². The van der Waals surface area contributed by atoms with E-state index >= 15 is 0 Å². The third-order valence-corrected chi connectivity index (χ3v) is 3.45. The number of carbonyl (C=O) groups excluding carboxylic acids is 1. The molecule has 0 unspecified atom stereocenters. The van der Waals surface area contributed by atoms with Gasteiger partial charge in [-0.1, -0.05) is 26.0 Å². The fourth-order valence-electron chi connectivity index (χ4n) is 2.30. The minimum atomic E-state index is -0.433. The Bertz CT molecular complexity index is 435. The van der Waals surface area contributed by atoms with Crippen molar-refractivity contribution in [3.05, 3.63) is 30.1 Å². The standard InChI is InChI=1S/C16H24FNO3/c1-3-13(4-2)18(10-11-19)16(20)9-12-21-15-8-6-5-7-14(15)17/h5-8,13,19H,3-4,9-12H2,1-2H3. The summed E-state index contributed by atoms with van der Waals surface area (Å²) in [6.07, 6.45) is 1.86. The summed E-state index contributed by atoms with van der Waals surface area (Å²) in [7, 11) is 0. The van der Waals surface area contributed by atoms with Gasteiger partial charge in [0.2, 0.25) is 5.91 Å². The van der Waals surface area contributed by atoms with Crippen LogP contribution in [-0.4, -0.2) is 41.7 Å². The van der Waals surface area contributed by atoms with Gasteiger partial charge in [-0.15, -0.1) is 0 Å². The van der Waals surface area contributed by atoms with E-state index in [9.17, 15) is 9.18 Å². The van der Waals surface area contributed by atoms with E-state index in [1.165, 1.54) is 12.1 Å². The predicted molar refractivity (Wildman–Crippen MR) is 79.7 cm³/mol. The normalized spacial score (nSPS) is 10.7. The summed E-state index contributed by atoms with van der Waals surface area (Å²) < 4.78 is 18.7. The zero-order chi connectivity index (χ0) is 15.7. The SMILES string of the molecule is CCC(CC)N(CCO)C(=O)CCOc1ccccc1F. The highest BCUT2D eigenvalue weighted by Crippen LogP contribution is 2.16. The van der Waals surface area contributed by atoms with E-state index in [-0.39, 0.29) is 37.3 Å². The van der Waals surface area contributed by atoms with Gasteiger partial charge in [-0.2, -0.15) is 0 Å². The molecule has 0 aliphatic rings. The summed E-state index contributed by atoms with van der Waals surface area (Å²) in [6.45, 7) is 4.42. The van der Waals surface area contributed by atoms with Crippen molar-refractivity contribution in [3.63, 3.8) is 0 Å². The Morgan fingerprint density at radius 2 is 2.00 bits per heavy atom. The highest BCUT2D eigenvalue weighted by Gasteiger charge is 2.20. The number of halogens is 1. The van der Waals surface area contributed by atoms with Gasteiger partial charge in [0.15, 0.2) is 11.6 Å². The Hall–Kier alpha value is -1.62. The molecular weight excluding hydrogens is 273 g/mol. The summed E-state index contributed by atoms with van der Waals surface area (Å²) in [5, 5.41) is 9.09. The van der Waals surface area contributed by atoms with E-state index in [1.807, 2.05) is 13.8 Å². The summed E-state index contributed by atoms with van der Waals surface area (Å²) in [4.78, 5) is 13.9. The lowest BCUT2D eigenvalue weighted by Crippen LogP contribution is -2.42. The van der Waals surface area contributed by atoms with Crippen molar-refractivity contribution in [2.75, 3.05) is 19.8 Å². The fraction of sp³-hybridized carbons (Fsp3) is 0.562. The van der Waals surface area contributed by atoms with Crippen LogP contribution in [-0.2, 0) is 4.79 Å². The number of amides is 1. The number of benzene rings is 1. The maximum absolute atomic E-state index is 13.4. The molecule has 0 bridgehead atoms. The van der Waals surface area contributed by atoms with Crippen LogP contribution >= 0.6 is 0 Å². The zero-order valence-corrected chi connectivity index (χ0v) is 12.7. The number of rotatable bonds is 9. The second-order valence-corrected chi connectivity index (χ2v) is 4.81. The molecule has 1 rings (SSSR count). The molecular formula is C16H24FNO3. The summed E-state index contributed by atoms with van der Waals surface area (Å²) in [6, 6.07) is 6.25. The maximum Gasteiger partial charge on any atom is 0.226 e. The lowest BCUT2D eigenvalue weighted by atomic mass is 10.1. The van der Waals surface area contributed by atoms with E-state index in [0.717, 1.165) is 12.8 Å². The first kappa shape index (κ1) is 17.4. The first-order chi connectivity index (χ1) is 10.1. The number of aliphatic hydroxyl groups excluding tert-OH is 1. The third-order valence-electron chi connectivity index (χ3n) is 3.45. The summed E-state index contributed by atoms with van der Waals surface area (Å²) in [5.74, 6) is -0.354. The predicted octanol–water partition coefficient (Wildman–Crippen LogP) is 2.60. The first-order valence-corrected chi connectivity index (χ1v) is 7.41. The molecule has 0 spiro atoms. The molecule has 0 aliphatic heterocycles. The highest BCUT2D eigenvalue weighted by molar-refractivity contribution is 5.76. The Balaban J connectivity index is 2.52. The molecule has 1 aromatic carbocycles. The van der Waals surface area contributed by atoms with Crippen molar-refractivity contribution >= 4 is 5.91 Å². The van der Waals surface area contributed by atoms with Gasteiger partial charge in [-0.25, -0.2) is 4.39 Å². The molecule has 4 nitrogen and oxygen atoms in total. The molecule has 1 N–H and O–H groups in total. The quantitative estimate of drug-likeness (QED) is 0.762. The number of hydrogen-bond acceptors (Lipinski definition) is 3. The van der Waals surface area contributed by atoms with E-state index in [1.54, 1.807) is 17.0 Å². The van der Waals surface area contributed by atoms with Gasteiger partial charge in [0.1, 0.15) is 0 Å². The molecule has 0 aromatic heterocycles. The van der Waals surface area contributed by atoms with Crippen LogP contribution in [0, 0.1) is 5.82 Å². The van der Waals surface area contributed by atoms with E-state index < -0.39 is 5.82 Å². The second kappa shape index (κ2) is 9.34. The van der Waals surface area contributed by atoms with Gasteiger partial charge in [0.05, 0.1) is 19.6 Å². The van der Waals surface area contributed by atoms with Gasteiger partial charge in [0.25, 0.3) is 0 Å². The van der Waals surface area contributed by atoms with Gasteiger partial charge in [-0.05, 0) is 25.0 Å². The maximum atomic E-state index is 13.4. The Morgan fingerprint density at radius 3 is 2.57 bits per heavy atom. The molecule has 1 aromatic rings. The minimum absolute atomic E-state index is 0.0591. The Labute approximate surface area is 125 Å². The van der Waals surface area contributed by atoms with Crippen LogP contribution < -0.4 is 4.74 Å². The lowest BCUT2D eigenvalue weighted by molar-refractivity contribution is -0.134. The number of nitrogens with zero attached hydrogens (tertiary/aromatic N) is 1. The van der Waals surface area contributed by atoms with Crippen LogP contribution in [0.1, 0.15) is 33.1 Å². The third kappa shape index (κ3) is 5.34. The number of para-hydroxylation sites is 1. The smallest absolute Gasteiger partial charge is 0.226 e. The van der Waals surface area contributed by atoms with E-state index in [4.69, 9.17) is 9.84 Å².